The van der Waals surface area contributed by atoms with Crippen molar-refractivity contribution in [1.82, 2.24) is 0 Å². The molecular formula is C49H76O20. The van der Waals surface area contributed by atoms with Crippen LogP contribution in [0.25, 0.3) is 0 Å². The zero-order chi connectivity index (χ0) is 49.5. The van der Waals surface area contributed by atoms with E-state index in [1.165, 1.54) is 6.92 Å². The Labute approximate surface area is 402 Å². The van der Waals surface area contributed by atoms with Crippen LogP contribution in [0.5, 0.6) is 0 Å². The molecule has 4 saturated heterocycles. The van der Waals surface area contributed by atoms with Crippen molar-refractivity contribution in [3.05, 3.63) is 11.6 Å². The van der Waals surface area contributed by atoms with E-state index in [9.17, 15) is 50.4 Å². The smallest absolute Gasteiger partial charge is 0.331 e. The van der Waals surface area contributed by atoms with Crippen molar-refractivity contribution >= 4 is 11.9 Å². The van der Waals surface area contributed by atoms with Gasteiger partial charge in [0.2, 0.25) is 0 Å². The Morgan fingerprint density at radius 3 is 1.93 bits per heavy atom. The minimum absolute atomic E-state index is 0.00421. The molecule has 26 atom stereocenters. The van der Waals surface area contributed by atoms with Crippen molar-refractivity contribution in [2.45, 2.75) is 234 Å². The second-order valence-electron chi connectivity index (χ2n) is 22.2. The summed E-state index contributed by atoms with van der Waals surface area (Å²) in [6, 6.07) is 0. The predicted octanol–water partition coefficient (Wildman–Crippen LogP) is 0.613. The van der Waals surface area contributed by atoms with E-state index in [4.69, 9.17) is 47.4 Å². The molecule has 9 aliphatic rings. The maximum atomic E-state index is 12.6. The van der Waals surface area contributed by atoms with Gasteiger partial charge in [-0.15, -0.1) is 0 Å². The van der Waals surface area contributed by atoms with E-state index in [1.807, 2.05) is 6.92 Å². The highest BCUT2D eigenvalue weighted by atomic mass is 16.8. The van der Waals surface area contributed by atoms with Crippen LogP contribution in [0.3, 0.4) is 0 Å². The predicted molar refractivity (Wildman–Crippen MR) is 235 cm³/mol. The molecule has 69 heavy (non-hydrogen) atoms. The molecule has 9 rings (SSSR count). The number of hydrogen-bond donors (Lipinski definition) is 8. The Morgan fingerprint density at radius 2 is 1.33 bits per heavy atom. The first-order valence-electron chi connectivity index (χ1n) is 25.3. The number of rotatable bonds is 11. The monoisotopic (exact) mass is 984 g/mol. The second kappa shape index (κ2) is 20.0. The van der Waals surface area contributed by atoms with Crippen molar-refractivity contribution in [2.24, 2.45) is 34.5 Å². The van der Waals surface area contributed by atoms with Gasteiger partial charge in [0.15, 0.2) is 25.2 Å². The third kappa shape index (κ3) is 9.48. The number of aliphatic hydroxyl groups is 8. The van der Waals surface area contributed by atoms with Crippen molar-refractivity contribution in [1.29, 1.82) is 0 Å². The molecule has 8 N–H and O–H groups in total. The number of carbonyl (C=O) groups excluding carboxylic acids is 2. The van der Waals surface area contributed by atoms with Crippen LogP contribution in [0.4, 0.5) is 0 Å². The Kier molecular flexibility index (Phi) is 15.1. The molecule has 20 heteroatoms. The molecular weight excluding hydrogens is 909 g/mol. The maximum Gasteiger partial charge on any atom is 0.331 e. The highest BCUT2D eigenvalue weighted by Crippen LogP contribution is 2.70. The van der Waals surface area contributed by atoms with E-state index in [-0.39, 0.29) is 61.1 Å². The number of carbonyl (C=O) groups is 2. The van der Waals surface area contributed by atoms with Gasteiger partial charge in [-0.05, 0) is 107 Å². The number of ether oxygens (including phenoxy) is 10. The van der Waals surface area contributed by atoms with Crippen LogP contribution in [0.1, 0.15) is 112 Å². The summed E-state index contributed by atoms with van der Waals surface area (Å²) in [6.45, 7) is 10.3. The molecule has 4 aliphatic carbocycles. The van der Waals surface area contributed by atoms with Gasteiger partial charge in [-0.25, -0.2) is 4.79 Å². The minimum atomic E-state index is -1.69. The number of fused-ring (bicyclic) bond motifs is 5. The molecule has 5 aliphatic heterocycles. The molecule has 0 aromatic rings. The number of hydrogen-bond acceptors (Lipinski definition) is 20. The first-order chi connectivity index (χ1) is 32.6. The molecule has 0 amide bonds. The van der Waals surface area contributed by atoms with Crippen LogP contribution < -0.4 is 0 Å². The molecule has 20 nitrogen and oxygen atoms in total. The first-order valence-corrected chi connectivity index (χ1v) is 25.3. The second-order valence-corrected chi connectivity index (χ2v) is 22.2. The lowest BCUT2D eigenvalue weighted by Crippen LogP contribution is -2.67. The Balaban J connectivity index is 0.752. The largest absolute Gasteiger partial charge is 0.459 e. The summed E-state index contributed by atoms with van der Waals surface area (Å²) in [6.07, 6.45) is -11.1. The fraction of sp³-hybridized carbons (Fsp3) is 0.918. The number of esters is 2. The van der Waals surface area contributed by atoms with Crippen LogP contribution in [-0.2, 0) is 57.0 Å². The zero-order valence-electron chi connectivity index (χ0n) is 40.5. The average molecular weight is 985 g/mol. The van der Waals surface area contributed by atoms with Gasteiger partial charge in [0.1, 0.15) is 55.4 Å². The Morgan fingerprint density at radius 1 is 0.710 bits per heavy atom. The van der Waals surface area contributed by atoms with E-state index >= 15 is 0 Å². The summed E-state index contributed by atoms with van der Waals surface area (Å²) in [5, 5.41) is 88.1. The third-order valence-electron chi connectivity index (χ3n) is 18.4. The van der Waals surface area contributed by atoms with Crippen LogP contribution in [-0.4, -0.2) is 188 Å². The standard InChI is InChI=1S/C49H76O20/c1-21-43(67-38-17-32(53)44(22(2)62-38)68-39-18-33(64-24(4)51)45(23(3)63-39)69-46-42(58)41(57)40(56)34(19-50)66-46)31(52)16-37(61-21)65-27-9-11-47(5)26(14-27)7-8-29-30(47)15-35(54)48(6)28(10-12-49(29,48)59)25-13-36(55)60-20-25/h13,21-23,26-35,37-46,50,52-54,56-59H,7-12,14-20H2,1-6H3/t21-,22-,23-,26-,27+,28-,29-,30+,31+,32+,33+,34-,35-,37+,38+,39+,40-,41+,42-,43-,44-,45-,46-,47+,48+,49+/m1/s1. The summed E-state index contributed by atoms with van der Waals surface area (Å²) in [7, 11) is 0. The summed E-state index contributed by atoms with van der Waals surface area (Å²) in [5.41, 5.74) is -1.01. The zero-order valence-corrected chi connectivity index (χ0v) is 40.5. The lowest BCUT2D eigenvalue weighted by molar-refractivity contribution is -0.355. The number of aliphatic hydroxyl groups excluding tert-OH is 7. The first kappa shape index (κ1) is 51.9. The van der Waals surface area contributed by atoms with E-state index in [2.05, 4.69) is 6.92 Å². The fourth-order valence-corrected chi connectivity index (χ4v) is 14.6. The SMILES string of the molecule is CC(=O)O[C@H]1C[C@H](O[C@H]2[C@@H](O)C[C@H](O[C@H]3[C@@H](O)C[C@H](O[C@H]4CC[C@@]5(C)[C@H](CC[C@@H]6[C@@H]5C[C@@H](O)[C@]5(C)[C@@H](C7=CC(=O)OC7)CC[C@]65O)C4)O[C@@H]3C)O[C@@H]2C)O[C@H](C)[C@H]1O[C@H]1O[C@H](CO)[C@@H](O)[C@H](O)[C@H]1O. The normalized spacial score (nSPS) is 53.3. The molecule has 0 unspecified atom stereocenters. The van der Waals surface area contributed by atoms with Crippen molar-refractivity contribution in [2.75, 3.05) is 13.2 Å². The summed E-state index contributed by atoms with van der Waals surface area (Å²) in [4.78, 5) is 24.2. The average Bonchev–Trinajstić information content (AvgIpc) is 3.84. The molecule has 0 bridgehead atoms. The van der Waals surface area contributed by atoms with Crippen LogP contribution in [0.2, 0.25) is 0 Å². The van der Waals surface area contributed by atoms with Crippen LogP contribution >= 0.6 is 0 Å². The molecule has 392 valence electrons. The van der Waals surface area contributed by atoms with Gasteiger partial charge in [0.25, 0.3) is 0 Å². The van der Waals surface area contributed by atoms with E-state index < -0.39 is 134 Å². The van der Waals surface area contributed by atoms with E-state index in [0.29, 0.717) is 25.2 Å². The molecule has 8 fully saturated rings. The van der Waals surface area contributed by atoms with Gasteiger partial charge in [-0.2, -0.15) is 0 Å². The van der Waals surface area contributed by atoms with Gasteiger partial charge < -0.3 is 88.2 Å². The fourth-order valence-electron chi connectivity index (χ4n) is 14.6. The van der Waals surface area contributed by atoms with Gasteiger partial charge >= 0.3 is 11.9 Å². The van der Waals surface area contributed by atoms with E-state index in [1.54, 1.807) is 26.8 Å². The highest BCUT2D eigenvalue weighted by molar-refractivity contribution is 5.85. The van der Waals surface area contributed by atoms with Crippen LogP contribution in [0.15, 0.2) is 11.6 Å². The lowest BCUT2D eigenvalue weighted by Gasteiger charge is -2.65. The molecule has 5 heterocycles. The summed E-state index contributed by atoms with van der Waals surface area (Å²) >= 11 is 0. The van der Waals surface area contributed by atoms with Gasteiger partial charge in [-0.1, -0.05) is 13.8 Å². The molecule has 0 spiro atoms. The number of cyclic esters (lactones) is 1. The van der Waals surface area contributed by atoms with Crippen molar-refractivity contribution < 1.29 is 97.8 Å². The summed E-state index contributed by atoms with van der Waals surface area (Å²) < 4.78 is 60.1. The van der Waals surface area contributed by atoms with Gasteiger partial charge in [-0.3, -0.25) is 4.79 Å². The Hall–Kier alpha value is -1.96. The molecule has 0 aromatic carbocycles. The van der Waals surface area contributed by atoms with Crippen molar-refractivity contribution in [3.63, 3.8) is 0 Å². The molecule has 0 radical (unpaired) electrons. The van der Waals surface area contributed by atoms with Crippen LogP contribution in [0, 0.1) is 34.5 Å². The van der Waals surface area contributed by atoms with Gasteiger partial charge in [0.05, 0.1) is 54.9 Å². The van der Waals surface area contributed by atoms with Crippen molar-refractivity contribution in [3.8, 4) is 0 Å². The topological polar surface area (TPSA) is 288 Å². The Bertz CT molecular complexity index is 1850. The lowest BCUT2D eigenvalue weighted by atomic mass is 9.42. The summed E-state index contributed by atoms with van der Waals surface area (Å²) in [5.74, 6) is -0.580. The molecule has 0 aromatic heterocycles. The van der Waals surface area contributed by atoms with Gasteiger partial charge in [0, 0.05) is 37.7 Å². The minimum Gasteiger partial charge on any atom is -0.459 e. The van der Waals surface area contributed by atoms with E-state index in [0.717, 1.165) is 37.7 Å². The quantitative estimate of drug-likeness (QED) is 0.104. The maximum absolute atomic E-state index is 12.6. The third-order valence-corrected chi connectivity index (χ3v) is 18.4. The molecule has 4 saturated carbocycles. The highest BCUT2D eigenvalue weighted by Gasteiger charge is 2.71.